The molecule has 2 aromatic heterocycles. The van der Waals surface area contributed by atoms with Crippen molar-refractivity contribution in [1.29, 1.82) is 0 Å². The summed E-state index contributed by atoms with van der Waals surface area (Å²) in [6.45, 7) is 5.13. The van der Waals surface area contributed by atoms with Crippen LogP contribution in [0.5, 0.6) is 0 Å². The summed E-state index contributed by atoms with van der Waals surface area (Å²) >= 11 is 0. The van der Waals surface area contributed by atoms with Gasteiger partial charge in [0.2, 0.25) is 11.8 Å². The van der Waals surface area contributed by atoms with Crippen LogP contribution >= 0.6 is 0 Å². The number of nitrogens with two attached hydrogens (primary N) is 1. The standard InChI is InChI=1S/C25H25F2N7O4/c1-25(2,3)20(23(37)29-11-17-31-32-24(38-17)21(28)35)30-22(36)18-15-5-4-6-16(27)19(15)34(33-18)12-13-7-9-14(26)10-8-13/h4-10,20H,11-12H2,1-3H3,(H2,28,35)(H,29,37)(H,30,36). The fraction of sp³-hybridized carbons (Fsp3) is 0.280. The van der Waals surface area contributed by atoms with E-state index < -0.39 is 46.7 Å². The predicted octanol–water partition coefficient (Wildman–Crippen LogP) is 2.31. The van der Waals surface area contributed by atoms with Gasteiger partial charge in [0.1, 0.15) is 23.2 Å². The van der Waals surface area contributed by atoms with Crippen molar-refractivity contribution >= 4 is 28.6 Å². The molecule has 0 radical (unpaired) electrons. The highest BCUT2D eigenvalue weighted by Crippen LogP contribution is 2.25. The highest BCUT2D eigenvalue weighted by atomic mass is 19.1. The second-order valence-electron chi connectivity index (χ2n) is 9.62. The SMILES string of the molecule is CC(C)(C)C(NC(=O)c1nn(Cc2ccc(F)cc2)c2c(F)cccc12)C(=O)NCc1nnc(C(N)=O)o1. The highest BCUT2D eigenvalue weighted by Gasteiger charge is 2.34. The number of rotatable bonds is 8. The molecule has 1 unspecified atom stereocenters. The summed E-state index contributed by atoms with van der Waals surface area (Å²) < 4.78 is 34.5. The van der Waals surface area contributed by atoms with E-state index in [9.17, 15) is 23.2 Å². The molecule has 2 aromatic carbocycles. The van der Waals surface area contributed by atoms with E-state index in [1.165, 1.54) is 28.9 Å². The summed E-state index contributed by atoms with van der Waals surface area (Å²) in [6.07, 6.45) is 0. The van der Waals surface area contributed by atoms with Crippen LogP contribution in [0, 0.1) is 17.0 Å². The minimum atomic E-state index is -1.04. The molecule has 13 heteroatoms. The zero-order chi connectivity index (χ0) is 27.6. The molecule has 3 amide bonds. The van der Waals surface area contributed by atoms with Crippen molar-refractivity contribution in [3.05, 3.63) is 77.1 Å². The number of amides is 3. The van der Waals surface area contributed by atoms with Crippen LogP contribution in [-0.2, 0) is 17.9 Å². The molecule has 4 aromatic rings. The fourth-order valence-corrected chi connectivity index (χ4v) is 3.80. The number of fused-ring (bicyclic) bond motifs is 1. The van der Waals surface area contributed by atoms with Crippen molar-refractivity contribution in [2.75, 3.05) is 0 Å². The van der Waals surface area contributed by atoms with E-state index in [0.717, 1.165) is 0 Å². The third-order valence-electron chi connectivity index (χ3n) is 5.68. The van der Waals surface area contributed by atoms with Gasteiger partial charge in [0.25, 0.3) is 5.91 Å². The topological polar surface area (TPSA) is 158 Å². The molecule has 0 spiro atoms. The van der Waals surface area contributed by atoms with Gasteiger partial charge in [-0.1, -0.05) is 45.0 Å². The van der Waals surface area contributed by atoms with Gasteiger partial charge in [-0.2, -0.15) is 5.10 Å². The number of hydrogen-bond acceptors (Lipinski definition) is 7. The molecular formula is C25H25F2N7O4. The average molecular weight is 526 g/mol. The van der Waals surface area contributed by atoms with Gasteiger partial charge < -0.3 is 20.8 Å². The second kappa shape index (κ2) is 10.4. The van der Waals surface area contributed by atoms with Gasteiger partial charge in [-0.25, -0.2) is 8.78 Å². The molecule has 0 aliphatic rings. The molecule has 38 heavy (non-hydrogen) atoms. The maximum Gasteiger partial charge on any atom is 0.306 e. The zero-order valence-electron chi connectivity index (χ0n) is 20.8. The molecular weight excluding hydrogens is 500 g/mol. The quantitative estimate of drug-likeness (QED) is 0.318. The molecule has 0 fully saturated rings. The number of nitrogens with one attached hydrogen (secondary N) is 2. The minimum Gasteiger partial charge on any atom is -0.415 e. The molecule has 1 atom stereocenters. The molecule has 4 rings (SSSR count). The first-order valence-corrected chi connectivity index (χ1v) is 11.5. The first kappa shape index (κ1) is 26.4. The third kappa shape index (κ3) is 5.66. The van der Waals surface area contributed by atoms with Crippen molar-refractivity contribution in [3.8, 4) is 0 Å². The predicted molar refractivity (Wildman–Crippen MR) is 131 cm³/mol. The Morgan fingerprint density at radius 2 is 1.79 bits per heavy atom. The van der Waals surface area contributed by atoms with Gasteiger partial charge in [-0.15, -0.1) is 10.2 Å². The maximum atomic E-state index is 14.8. The van der Waals surface area contributed by atoms with E-state index in [-0.39, 0.29) is 35.6 Å². The molecule has 2 heterocycles. The van der Waals surface area contributed by atoms with Crippen LogP contribution in [-0.4, -0.2) is 43.7 Å². The molecule has 0 aliphatic heterocycles. The molecule has 0 bridgehead atoms. The number of carbonyl (C=O) groups excluding carboxylic acids is 3. The Kier molecular flexibility index (Phi) is 7.19. The van der Waals surface area contributed by atoms with Gasteiger partial charge in [-0.05, 0) is 29.2 Å². The summed E-state index contributed by atoms with van der Waals surface area (Å²) in [7, 11) is 0. The largest absolute Gasteiger partial charge is 0.415 e. The monoisotopic (exact) mass is 525 g/mol. The van der Waals surface area contributed by atoms with E-state index in [4.69, 9.17) is 10.2 Å². The Morgan fingerprint density at radius 1 is 1.08 bits per heavy atom. The van der Waals surface area contributed by atoms with Gasteiger partial charge >= 0.3 is 11.8 Å². The normalized spacial score (nSPS) is 12.3. The number of halogens is 2. The van der Waals surface area contributed by atoms with Gasteiger partial charge in [-0.3, -0.25) is 19.1 Å². The summed E-state index contributed by atoms with van der Waals surface area (Å²) in [5.41, 5.74) is 5.01. The molecule has 0 saturated heterocycles. The van der Waals surface area contributed by atoms with Crippen molar-refractivity contribution in [2.24, 2.45) is 11.1 Å². The molecule has 0 saturated carbocycles. The zero-order valence-corrected chi connectivity index (χ0v) is 20.8. The Bertz CT molecular complexity index is 1510. The van der Waals surface area contributed by atoms with Crippen LogP contribution in [0.2, 0.25) is 0 Å². The van der Waals surface area contributed by atoms with Gasteiger partial charge in [0, 0.05) is 5.39 Å². The van der Waals surface area contributed by atoms with E-state index in [0.29, 0.717) is 5.56 Å². The van der Waals surface area contributed by atoms with Crippen LogP contribution in [0.3, 0.4) is 0 Å². The van der Waals surface area contributed by atoms with Crippen LogP contribution in [0.15, 0.2) is 46.9 Å². The van der Waals surface area contributed by atoms with Crippen LogP contribution < -0.4 is 16.4 Å². The van der Waals surface area contributed by atoms with Crippen molar-refractivity contribution in [2.45, 2.75) is 39.9 Å². The van der Waals surface area contributed by atoms with E-state index in [2.05, 4.69) is 25.9 Å². The van der Waals surface area contributed by atoms with E-state index in [1.807, 2.05) is 0 Å². The second-order valence-corrected chi connectivity index (χ2v) is 9.62. The Morgan fingerprint density at radius 3 is 2.42 bits per heavy atom. The van der Waals surface area contributed by atoms with Gasteiger partial charge in [0.15, 0.2) is 5.69 Å². The number of para-hydroxylation sites is 1. The molecule has 198 valence electrons. The summed E-state index contributed by atoms with van der Waals surface area (Å²) in [5.74, 6) is -3.61. The summed E-state index contributed by atoms with van der Waals surface area (Å²) in [4.78, 5) is 37.5. The summed E-state index contributed by atoms with van der Waals surface area (Å²) in [6, 6.07) is 8.86. The number of hydrogen-bond donors (Lipinski definition) is 3. The number of primary amides is 1. The Labute approximate surface area is 215 Å². The van der Waals surface area contributed by atoms with E-state index in [1.54, 1.807) is 39.0 Å². The van der Waals surface area contributed by atoms with Crippen LogP contribution in [0.1, 0.15) is 53.4 Å². The lowest BCUT2D eigenvalue weighted by Gasteiger charge is -2.30. The number of nitrogens with zero attached hydrogens (tertiary/aromatic N) is 4. The number of aromatic nitrogens is 4. The fourth-order valence-electron chi connectivity index (χ4n) is 3.80. The number of carbonyl (C=O) groups is 3. The lowest BCUT2D eigenvalue weighted by atomic mass is 9.86. The number of benzene rings is 2. The minimum absolute atomic E-state index is 0.0489. The summed E-state index contributed by atoms with van der Waals surface area (Å²) in [5, 5.41) is 17.0. The van der Waals surface area contributed by atoms with Gasteiger partial charge in [0.05, 0.1) is 13.1 Å². The van der Waals surface area contributed by atoms with Crippen LogP contribution in [0.4, 0.5) is 8.78 Å². The van der Waals surface area contributed by atoms with E-state index >= 15 is 0 Å². The first-order chi connectivity index (χ1) is 17.9. The first-order valence-electron chi connectivity index (χ1n) is 11.5. The molecule has 0 aliphatic carbocycles. The van der Waals surface area contributed by atoms with Crippen molar-refractivity contribution in [1.82, 2.24) is 30.6 Å². The lowest BCUT2D eigenvalue weighted by molar-refractivity contribution is -0.125. The Hall–Kier alpha value is -4.68. The van der Waals surface area contributed by atoms with Crippen molar-refractivity contribution in [3.63, 3.8) is 0 Å². The van der Waals surface area contributed by atoms with Crippen molar-refractivity contribution < 1.29 is 27.6 Å². The lowest BCUT2D eigenvalue weighted by Crippen LogP contribution is -2.53. The average Bonchev–Trinajstić information content (AvgIpc) is 3.48. The highest BCUT2D eigenvalue weighted by molar-refractivity contribution is 6.06. The maximum absolute atomic E-state index is 14.8. The smallest absolute Gasteiger partial charge is 0.306 e. The molecule has 4 N–H and O–H groups in total. The molecule has 11 nitrogen and oxygen atoms in total. The van der Waals surface area contributed by atoms with Crippen LogP contribution in [0.25, 0.3) is 10.9 Å². The third-order valence-corrected chi connectivity index (χ3v) is 5.68. The Balaban J connectivity index is 1.58.